The Balaban J connectivity index is 1.37. The Morgan fingerprint density at radius 1 is 1.20 bits per heavy atom. The Morgan fingerprint density at radius 3 is 2.80 bits per heavy atom. The highest BCUT2D eigenvalue weighted by atomic mass is 19.1. The zero-order chi connectivity index (χ0) is 17.2. The Labute approximate surface area is 146 Å². The molecule has 1 aliphatic heterocycles. The topological polar surface area (TPSA) is 58.1 Å². The normalized spacial score (nSPS) is 25.0. The number of nitrogens with zero attached hydrogens (tertiary/aromatic N) is 3. The molecule has 5 nitrogen and oxygen atoms in total. The lowest BCUT2D eigenvalue weighted by Gasteiger charge is -2.22. The Kier molecular flexibility index (Phi) is 4.34. The SMILES string of the molecule is O=C(Cc1ccc(F)cc1)N1C[C@H]2CC[C@@H](Nc3cccnn3)[C@H]2C1. The van der Waals surface area contributed by atoms with Crippen molar-refractivity contribution in [2.45, 2.75) is 25.3 Å². The van der Waals surface area contributed by atoms with Gasteiger partial charge in [-0.05, 0) is 48.6 Å². The lowest BCUT2D eigenvalue weighted by molar-refractivity contribution is -0.129. The van der Waals surface area contributed by atoms with E-state index in [4.69, 9.17) is 0 Å². The summed E-state index contributed by atoms with van der Waals surface area (Å²) in [6, 6.07) is 10.3. The predicted molar refractivity (Wildman–Crippen MR) is 92.3 cm³/mol. The lowest BCUT2D eigenvalue weighted by atomic mass is 9.98. The molecule has 4 rings (SSSR count). The summed E-state index contributed by atoms with van der Waals surface area (Å²) in [5, 5.41) is 11.5. The van der Waals surface area contributed by atoms with Gasteiger partial charge in [-0.15, -0.1) is 5.10 Å². The van der Waals surface area contributed by atoms with Crippen molar-refractivity contribution in [3.8, 4) is 0 Å². The van der Waals surface area contributed by atoms with E-state index in [9.17, 15) is 9.18 Å². The number of nitrogens with one attached hydrogen (secondary N) is 1. The lowest BCUT2D eigenvalue weighted by Crippen LogP contribution is -2.34. The molecule has 1 amide bonds. The minimum Gasteiger partial charge on any atom is -0.365 e. The summed E-state index contributed by atoms with van der Waals surface area (Å²) in [6.07, 6.45) is 4.23. The summed E-state index contributed by atoms with van der Waals surface area (Å²) >= 11 is 0. The highest BCUT2D eigenvalue weighted by molar-refractivity contribution is 5.79. The van der Waals surface area contributed by atoms with Crippen molar-refractivity contribution in [3.63, 3.8) is 0 Å². The van der Waals surface area contributed by atoms with E-state index in [0.29, 0.717) is 24.3 Å². The molecule has 0 radical (unpaired) electrons. The summed E-state index contributed by atoms with van der Waals surface area (Å²) in [7, 11) is 0. The number of aromatic nitrogens is 2. The van der Waals surface area contributed by atoms with E-state index < -0.39 is 0 Å². The van der Waals surface area contributed by atoms with Gasteiger partial charge in [0.05, 0.1) is 6.42 Å². The van der Waals surface area contributed by atoms with Crippen molar-refractivity contribution in [3.05, 3.63) is 54.0 Å². The van der Waals surface area contributed by atoms with Crippen LogP contribution in [-0.4, -0.2) is 40.1 Å². The molecular weight excluding hydrogens is 319 g/mol. The van der Waals surface area contributed by atoms with E-state index >= 15 is 0 Å². The molecule has 1 aromatic carbocycles. The van der Waals surface area contributed by atoms with Gasteiger partial charge >= 0.3 is 0 Å². The van der Waals surface area contributed by atoms with Gasteiger partial charge in [0.2, 0.25) is 5.91 Å². The first-order chi connectivity index (χ1) is 12.2. The van der Waals surface area contributed by atoms with Crippen LogP contribution in [-0.2, 0) is 11.2 Å². The fraction of sp³-hybridized carbons (Fsp3) is 0.421. The van der Waals surface area contributed by atoms with Gasteiger partial charge in [-0.25, -0.2) is 4.39 Å². The van der Waals surface area contributed by atoms with Crippen molar-refractivity contribution in [1.82, 2.24) is 15.1 Å². The highest BCUT2D eigenvalue weighted by Crippen LogP contribution is 2.39. The summed E-state index contributed by atoms with van der Waals surface area (Å²) in [6.45, 7) is 1.60. The average Bonchev–Trinajstić information content (AvgIpc) is 3.20. The van der Waals surface area contributed by atoms with Crippen LogP contribution < -0.4 is 5.32 Å². The second kappa shape index (κ2) is 6.78. The zero-order valence-corrected chi connectivity index (χ0v) is 13.9. The summed E-state index contributed by atoms with van der Waals surface area (Å²) < 4.78 is 13.0. The van der Waals surface area contributed by atoms with Crippen molar-refractivity contribution < 1.29 is 9.18 Å². The Morgan fingerprint density at radius 2 is 2.04 bits per heavy atom. The van der Waals surface area contributed by atoms with Gasteiger partial charge < -0.3 is 10.2 Å². The van der Waals surface area contributed by atoms with Gasteiger partial charge in [0.15, 0.2) is 0 Å². The second-order valence-corrected chi connectivity index (χ2v) is 6.96. The van der Waals surface area contributed by atoms with Crippen LogP contribution in [0.4, 0.5) is 10.2 Å². The molecule has 25 heavy (non-hydrogen) atoms. The molecule has 130 valence electrons. The first-order valence-corrected chi connectivity index (χ1v) is 8.75. The Bertz CT molecular complexity index is 737. The molecule has 2 fully saturated rings. The molecule has 0 spiro atoms. The first kappa shape index (κ1) is 16.0. The van der Waals surface area contributed by atoms with Crippen molar-refractivity contribution in [2.24, 2.45) is 11.8 Å². The van der Waals surface area contributed by atoms with E-state index in [0.717, 1.165) is 37.3 Å². The maximum absolute atomic E-state index is 13.0. The highest BCUT2D eigenvalue weighted by Gasteiger charge is 2.43. The molecule has 1 N–H and O–H groups in total. The van der Waals surface area contributed by atoms with Crippen molar-refractivity contribution >= 4 is 11.7 Å². The van der Waals surface area contributed by atoms with E-state index in [1.165, 1.54) is 12.1 Å². The van der Waals surface area contributed by atoms with Crippen LogP contribution in [0.3, 0.4) is 0 Å². The minimum absolute atomic E-state index is 0.124. The third-order valence-electron chi connectivity index (χ3n) is 5.38. The van der Waals surface area contributed by atoms with Gasteiger partial charge in [0.1, 0.15) is 11.6 Å². The van der Waals surface area contributed by atoms with Gasteiger partial charge in [-0.3, -0.25) is 4.79 Å². The number of benzene rings is 1. The van der Waals surface area contributed by atoms with Crippen molar-refractivity contribution in [1.29, 1.82) is 0 Å². The van der Waals surface area contributed by atoms with Crippen LogP contribution >= 0.6 is 0 Å². The van der Waals surface area contributed by atoms with Crippen LogP contribution in [0.15, 0.2) is 42.6 Å². The van der Waals surface area contributed by atoms with E-state index in [-0.39, 0.29) is 11.7 Å². The molecule has 1 aliphatic carbocycles. The smallest absolute Gasteiger partial charge is 0.227 e. The quantitative estimate of drug-likeness (QED) is 0.929. The number of anilines is 1. The second-order valence-electron chi connectivity index (χ2n) is 6.96. The molecule has 0 unspecified atom stereocenters. The number of rotatable bonds is 4. The maximum Gasteiger partial charge on any atom is 0.227 e. The molecule has 6 heteroatoms. The van der Waals surface area contributed by atoms with Gasteiger partial charge in [-0.2, -0.15) is 5.10 Å². The summed E-state index contributed by atoms with van der Waals surface area (Å²) in [5.41, 5.74) is 0.859. The molecule has 1 saturated carbocycles. The Hall–Kier alpha value is -2.50. The first-order valence-electron chi connectivity index (χ1n) is 8.75. The zero-order valence-electron chi connectivity index (χ0n) is 13.9. The number of carbonyl (C=O) groups is 1. The van der Waals surface area contributed by atoms with Gasteiger partial charge in [0.25, 0.3) is 0 Å². The largest absolute Gasteiger partial charge is 0.365 e. The molecule has 0 bridgehead atoms. The maximum atomic E-state index is 13.0. The molecule has 1 saturated heterocycles. The number of halogens is 1. The minimum atomic E-state index is -0.273. The fourth-order valence-electron chi connectivity index (χ4n) is 4.11. The fourth-order valence-corrected chi connectivity index (χ4v) is 4.11. The van der Waals surface area contributed by atoms with Gasteiger partial charge in [0, 0.05) is 31.2 Å². The van der Waals surface area contributed by atoms with Crippen LogP contribution in [0.1, 0.15) is 18.4 Å². The van der Waals surface area contributed by atoms with E-state index in [1.807, 2.05) is 17.0 Å². The molecule has 2 aliphatic rings. The molecule has 3 atom stereocenters. The number of amides is 1. The third kappa shape index (κ3) is 3.48. The standard InChI is InChI=1S/C19H21FN4O/c20-15-6-3-13(4-7-15)10-19(25)24-11-14-5-8-17(16(14)12-24)22-18-2-1-9-21-23-18/h1-4,6-7,9,14,16-17H,5,8,10-12H2,(H,22,23)/t14-,16+,17-/m1/s1. The van der Waals surface area contributed by atoms with Gasteiger partial charge in [-0.1, -0.05) is 12.1 Å². The monoisotopic (exact) mass is 340 g/mol. The number of fused-ring (bicyclic) bond motifs is 1. The number of likely N-dealkylation sites (tertiary alicyclic amines) is 1. The number of hydrogen-bond acceptors (Lipinski definition) is 4. The average molecular weight is 340 g/mol. The van der Waals surface area contributed by atoms with Crippen molar-refractivity contribution in [2.75, 3.05) is 18.4 Å². The summed E-state index contributed by atoms with van der Waals surface area (Å²) in [5.74, 6) is 1.65. The van der Waals surface area contributed by atoms with Crippen LogP contribution in [0, 0.1) is 17.7 Å². The van der Waals surface area contributed by atoms with E-state index in [1.54, 1.807) is 18.3 Å². The molecule has 2 aromatic rings. The van der Waals surface area contributed by atoms with E-state index in [2.05, 4.69) is 15.5 Å². The summed E-state index contributed by atoms with van der Waals surface area (Å²) in [4.78, 5) is 14.5. The predicted octanol–water partition coefficient (Wildman–Crippen LogP) is 2.51. The number of hydrogen-bond donors (Lipinski definition) is 1. The van der Waals surface area contributed by atoms with Crippen LogP contribution in [0.5, 0.6) is 0 Å². The molecular formula is C19H21FN4O. The third-order valence-corrected chi connectivity index (χ3v) is 5.38. The molecule has 1 aromatic heterocycles. The van der Waals surface area contributed by atoms with Crippen LogP contribution in [0.2, 0.25) is 0 Å². The van der Waals surface area contributed by atoms with Crippen LogP contribution in [0.25, 0.3) is 0 Å². The number of carbonyl (C=O) groups excluding carboxylic acids is 1. The molecule has 2 heterocycles.